The molecule has 0 aromatic heterocycles. The highest BCUT2D eigenvalue weighted by molar-refractivity contribution is 7.87. The number of rotatable bonds is 8. The van der Waals surface area contributed by atoms with Crippen LogP contribution < -0.4 is 9.50 Å². The standard InChI is InChI=1S/C23H19NO5S/c1-2-15-24-23(26)19-9-6-10-21(16-19)30(27,28)29-20-13-11-18(12-14-20)22(25)17-7-4-3-5-8-17/h2-14,16H,1,15H2,(H,24,26). The zero-order valence-electron chi connectivity index (χ0n) is 15.9. The van der Waals surface area contributed by atoms with E-state index in [0.29, 0.717) is 11.1 Å². The van der Waals surface area contributed by atoms with Crippen LogP contribution in [0.1, 0.15) is 26.3 Å². The largest absolute Gasteiger partial charge is 0.379 e. The molecule has 3 aromatic rings. The highest BCUT2D eigenvalue weighted by Crippen LogP contribution is 2.21. The molecule has 0 aliphatic rings. The fourth-order valence-electron chi connectivity index (χ4n) is 2.65. The summed E-state index contributed by atoms with van der Waals surface area (Å²) in [6.07, 6.45) is 1.52. The minimum atomic E-state index is -4.16. The van der Waals surface area contributed by atoms with Crippen LogP contribution in [0.2, 0.25) is 0 Å². The molecule has 0 bridgehead atoms. The molecular weight excluding hydrogens is 402 g/mol. The number of carbonyl (C=O) groups excluding carboxylic acids is 2. The second kappa shape index (κ2) is 9.19. The third kappa shape index (κ3) is 5.01. The quantitative estimate of drug-likeness (QED) is 0.341. The molecule has 30 heavy (non-hydrogen) atoms. The van der Waals surface area contributed by atoms with E-state index in [1.807, 2.05) is 6.07 Å². The van der Waals surface area contributed by atoms with E-state index in [0.717, 1.165) is 0 Å². The first-order valence-electron chi connectivity index (χ1n) is 9.04. The van der Waals surface area contributed by atoms with Crippen molar-refractivity contribution in [2.24, 2.45) is 0 Å². The summed E-state index contributed by atoms with van der Waals surface area (Å²) in [5.74, 6) is -0.542. The van der Waals surface area contributed by atoms with Crippen molar-refractivity contribution in [2.75, 3.05) is 6.54 Å². The first-order valence-corrected chi connectivity index (χ1v) is 10.4. The molecule has 1 N–H and O–H groups in total. The molecule has 0 aliphatic heterocycles. The molecule has 0 atom stereocenters. The summed E-state index contributed by atoms with van der Waals surface area (Å²) in [5, 5.41) is 2.58. The lowest BCUT2D eigenvalue weighted by molar-refractivity contribution is 0.0957. The van der Waals surface area contributed by atoms with Crippen molar-refractivity contribution in [3.05, 3.63) is 108 Å². The van der Waals surface area contributed by atoms with Gasteiger partial charge in [-0.2, -0.15) is 8.42 Å². The number of hydrogen-bond acceptors (Lipinski definition) is 5. The zero-order chi connectivity index (χ0) is 21.6. The molecule has 0 fully saturated rings. The van der Waals surface area contributed by atoms with E-state index in [4.69, 9.17) is 4.18 Å². The van der Waals surface area contributed by atoms with Gasteiger partial charge >= 0.3 is 10.1 Å². The number of amides is 1. The number of ketones is 1. The van der Waals surface area contributed by atoms with Gasteiger partial charge in [0.1, 0.15) is 10.6 Å². The average Bonchev–Trinajstić information content (AvgIpc) is 2.78. The Morgan fingerprint density at radius 1 is 0.867 bits per heavy atom. The normalized spacial score (nSPS) is 10.8. The van der Waals surface area contributed by atoms with Crippen LogP contribution in [0, 0.1) is 0 Å². The molecule has 0 radical (unpaired) electrons. The van der Waals surface area contributed by atoms with Gasteiger partial charge in [-0.25, -0.2) is 0 Å². The Morgan fingerprint density at radius 2 is 1.50 bits per heavy atom. The first-order chi connectivity index (χ1) is 14.4. The Bertz CT molecular complexity index is 1170. The Labute approximate surface area is 175 Å². The molecule has 152 valence electrons. The zero-order valence-corrected chi connectivity index (χ0v) is 16.8. The van der Waals surface area contributed by atoms with Crippen molar-refractivity contribution in [3.63, 3.8) is 0 Å². The Balaban J connectivity index is 1.76. The van der Waals surface area contributed by atoms with Gasteiger partial charge in [0.15, 0.2) is 5.78 Å². The van der Waals surface area contributed by atoms with E-state index in [9.17, 15) is 18.0 Å². The third-order valence-electron chi connectivity index (χ3n) is 4.15. The second-order valence-electron chi connectivity index (χ2n) is 6.28. The summed E-state index contributed by atoms with van der Waals surface area (Å²) in [4.78, 5) is 24.3. The van der Waals surface area contributed by atoms with Crippen LogP contribution in [0.3, 0.4) is 0 Å². The van der Waals surface area contributed by atoms with Gasteiger partial charge in [0.2, 0.25) is 0 Å². The maximum absolute atomic E-state index is 12.6. The van der Waals surface area contributed by atoms with Crippen LogP contribution >= 0.6 is 0 Å². The van der Waals surface area contributed by atoms with Crippen LogP contribution in [0.4, 0.5) is 0 Å². The van der Waals surface area contributed by atoms with Crippen LogP contribution in [0.25, 0.3) is 0 Å². The van der Waals surface area contributed by atoms with Crippen LogP contribution in [0.15, 0.2) is 96.4 Å². The smallest absolute Gasteiger partial charge is 0.339 e. The number of hydrogen-bond donors (Lipinski definition) is 1. The van der Waals surface area contributed by atoms with Crippen molar-refractivity contribution in [3.8, 4) is 5.75 Å². The van der Waals surface area contributed by atoms with E-state index in [1.54, 1.807) is 24.3 Å². The van der Waals surface area contributed by atoms with Gasteiger partial charge in [0.25, 0.3) is 5.91 Å². The minimum Gasteiger partial charge on any atom is -0.379 e. The topological polar surface area (TPSA) is 89.5 Å². The first kappa shape index (κ1) is 21.0. The predicted octanol–water partition coefficient (Wildman–Crippen LogP) is 3.60. The summed E-state index contributed by atoms with van der Waals surface area (Å²) in [6, 6.07) is 20.1. The van der Waals surface area contributed by atoms with Gasteiger partial charge < -0.3 is 9.50 Å². The summed E-state index contributed by atoms with van der Waals surface area (Å²) in [6.45, 7) is 3.78. The molecule has 0 aliphatic carbocycles. The Hall–Kier alpha value is -3.71. The number of nitrogens with one attached hydrogen (secondary N) is 1. The number of benzene rings is 3. The van der Waals surface area contributed by atoms with Crippen LogP contribution in [-0.4, -0.2) is 26.7 Å². The third-order valence-corrected chi connectivity index (χ3v) is 5.39. The summed E-state index contributed by atoms with van der Waals surface area (Å²) in [5.41, 5.74) is 1.13. The molecule has 0 heterocycles. The van der Waals surface area contributed by atoms with E-state index < -0.39 is 16.0 Å². The SMILES string of the molecule is C=CCNC(=O)c1cccc(S(=O)(=O)Oc2ccc(C(=O)c3ccccc3)cc2)c1. The van der Waals surface area contributed by atoms with Crippen molar-refractivity contribution < 1.29 is 22.2 Å². The van der Waals surface area contributed by atoms with E-state index in [-0.39, 0.29) is 28.5 Å². The summed E-state index contributed by atoms with van der Waals surface area (Å²) < 4.78 is 30.3. The van der Waals surface area contributed by atoms with Crippen molar-refractivity contribution in [2.45, 2.75) is 4.90 Å². The lowest BCUT2D eigenvalue weighted by atomic mass is 10.0. The van der Waals surface area contributed by atoms with Crippen LogP contribution in [0.5, 0.6) is 5.75 Å². The minimum absolute atomic E-state index is 0.0566. The van der Waals surface area contributed by atoms with Gasteiger partial charge in [-0.1, -0.05) is 42.5 Å². The van der Waals surface area contributed by atoms with Crippen molar-refractivity contribution in [1.29, 1.82) is 0 Å². The van der Waals surface area contributed by atoms with Gasteiger partial charge in [0.05, 0.1) is 0 Å². The fraction of sp³-hybridized carbons (Fsp3) is 0.0435. The van der Waals surface area contributed by atoms with Crippen molar-refractivity contribution >= 4 is 21.8 Å². The molecule has 1 amide bonds. The molecule has 0 spiro atoms. The molecule has 0 saturated heterocycles. The summed E-state index contributed by atoms with van der Waals surface area (Å²) in [7, 11) is -4.16. The maximum Gasteiger partial charge on any atom is 0.339 e. The molecule has 3 aromatic carbocycles. The Morgan fingerprint density at radius 3 is 2.17 bits per heavy atom. The monoisotopic (exact) mass is 421 g/mol. The summed E-state index contributed by atoms with van der Waals surface area (Å²) >= 11 is 0. The predicted molar refractivity (Wildman–Crippen MR) is 113 cm³/mol. The van der Waals surface area contributed by atoms with E-state index in [1.165, 1.54) is 54.6 Å². The molecule has 0 unspecified atom stereocenters. The highest BCUT2D eigenvalue weighted by atomic mass is 32.2. The fourth-order valence-corrected chi connectivity index (χ4v) is 3.63. The number of carbonyl (C=O) groups is 2. The average molecular weight is 421 g/mol. The molecule has 0 saturated carbocycles. The molecular formula is C23H19NO5S. The van der Waals surface area contributed by atoms with Gasteiger partial charge in [0, 0.05) is 23.2 Å². The van der Waals surface area contributed by atoms with E-state index in [2.05, 4.69) is 11.9 Å². The molecule has 6 nitrogen and oxygen atoms in total. The lowest BCUT2D eigenvalue weighted by Gasteiger charge is -2.09. The van der Waals surface area contributed by atoms with Crippen LogP contribution in [-0.2, 0) is 10.1 Å². The Kier molecular flexibility index (Phi) is 6.44. The van der Waals surface area contributed by atoms with Gasteiger partial charge in [-0.3, -0.25) is 9.59 Å². The highest BCUT2D eigenvalue weighted by Gasteiger charge is 2.19. The maximum atomic E-state index is 12.6. The molecule has 3 rings (SSSR count). The lowest BCUT2D eigenvalue weighted by Crippen LogP contribution is -2.23. The second-order valence-corrected chi connectivity index (χ2v) is 7.83. The van der Waals surface area contributed by atoms with Crippen molar-refractivity contribution in [1.82, 2.24) is 5.32 Å². The van der Waals surface area contributed by atoms with Gasteiger partial charge in [-0.15, -0.1) is 6.58 Å². The van der Waals surface area contributed by atoms with Gasteiger partial charge in [-0.05, 0) is 42.5 Å². The van der Waals surface area contributed by atoms with E-state index >= 15 is 0 Å². The molecule has 7 heteroatoms.